The summed E-state index contributed by atoms with van der Waals surface area (Å²) in [7, 11) is 0. The van der Waals surface area contributed by atoms with E-state index in [1.807, 2.05) is 0 Å². The van der Waals surface area contributed by atoms with E-state index >= 15 is 0 Å². The molecular weight excluding hydrogens is 797 g/mol. The summed E-state index contributed by atoms with van der Waals surface area (Å²) in [5, 5.41) is 5.12. The summed E-state index contributed by atoms with van der Waals surface area (Å²) in [5.74, 6) is 0. The van der Waals surface area contributed by atoms with Crippen LogP contribution in [-0.4, -0.2) is 9.13 Å². The van der Waals surface area contributed by atoms with E-state index in [4.69, 9.17) is 0 Å². The first-order valence-electron chi connectivity index (χ1n) is 23.1. The molecule has 2 unspecified atom stereocenters. The number of fused-ring (bicyclic) bond motifs is 10. The van der Waals surface area contributed by atoms with Crippen molar-refractivity contribution in [3.63, 3.8) is 0 Å². The number of aromatic nitrogens is 2. The Labute approximate surface area is 385 Å². The minimum atomic E-state index is -0.541. The molecule has 0 aliphatic heterocycles. The maximum absolute atomic E-state index is 2.50. The van der Waals surface area contributed by atoms with E-state index in [1.165, 1.54) is 99.2 Å². The topological polar surface area (TPSA) is 9.86 Å². The molecule has 66 heavy (non-hydrogen) atoms. The highest BCUT2D eigenvalue weighted by molar-refractivity contribution is 6.15. The van der Waals surface area contributed by atoms with Crippen LogP contribution in [0.5, 0.6) is 0 Å². The van der Waals surface area contributed by atoms with Gasteiger partial charge in [0.05, 0.1) is 22.1 Å². The van der Waals surface area contributed by atoms with Crippen molar-refractivity contribution in [2.45, 2.75) is 24.7 Å². The molecule has 2 heteroatoms. The summed E-state index contributed by atoms with van der Waals surface area (Å²) >= 11 is 0. The molecule has 0 fully saturated rings. The predicted octanol–water partition coefficient (Wildman–Crippen LogP) is 16.2. The Bertz CT molecular complexity index is 3540. The van der Waals surface area contributed by atoms with Crippen LogP contribution in [0.2, 0.25) is 0 Å². The molecule has 2 heterocycles. The lowest BCUT2D eigenvalue weighted by Gasteiger charge is -2.48. The molecular formula is C64H46N2. The van der Waals surface area contributed by atoms with Crippen LogP contribution in [0, 0.1) is 0 Å². The predicted molar refractivity (Wildman–Crippen MR) is 276 cm³/mol. The number of rotatable bonds is 6. The SMILES string of the molecule is CC1(c2ccccc2)c2ccc3c(c2C(C)(c2ccccc2)c2ccc4c(c21)c1ccccc1n4-c1ccc(-c2ccccc2)cc1)c1ccccc1n3-c1ccc(-c2ccccc2)cc1. The zero-order valence-electron chi connectivity index (χ0n) is 37.0. The lowest BCUT2D eigenvalue weighted by Crippen LogP contribution is -2.41. The Kier molecular flexibility index (Phi) is 8.51. The second kappa shape index (κ2) is 14.7. The van der Waals surface area contributed by atoms with Crippen LogP contribution >= 0.6 is 0 Å². The second-order valence-electron chi connectivity index (χ2n) is 18.3. The maximum atomic E-state index is 2.50. The largest absolute Gasteiger partial charge is 0.309 e. The molecule has 0 saturated carbocycles. The monoisotopic (exact) mass is 842 g/mol. The van der Waals surface area contributed by atoms with E-state index in [-0.39, 0.29) is 0 Å². The second-order valence-corrected chi connectivity index (χ2v) is 18.3. The molecule has 312 valence electrons. The van der Waals surface area contributed by atoms with E-state index in [0.29, 0.717) is 0 Å². The van der Waals surface area contributed by atoms with Gasteiger partial charge in [0.1, 0.15) is 0 Å². The van der Waals surface area contributed by atoms with Gasteiger partial charge in [0, 0.05) is 43.7 Å². The van der Waals surface area contributed by atoms with Crippen LogP contribution in [-0.2, 0) is 10.8 Å². The molecule has 13 rings (SSSR count). The molecule has 0 saturated heterocycles. The number of para-hydroxylation sites is 2. The molecule has 0 spiro atoms. The first-order chi connectivity index (χ1) is 32.5. The summed E-state index contributed by atoms with van der Waals surface area (Å²) in [4.78, 5) is 0. The zero-order chi connectivity index (χ0) is 44.0. The van der Waals surface area contributed by atoms with Gasteiger partial charge >= 0.3 is 0 Å². The van der Waals surface area contributed by atoms with Crippen molar-refractivity contribution in [1.82, 2.24) is 9.13 Å². The van der Waals surface area contributed by atoms with Crippen molar-refractivity contribution >= 4 is 43.6 Å². The van der Waals surface area contributed by atoms with Crippen molar-refractivity contribution < 1.29 is 0 Å². The van der Waals surface area contributed by atoms with Gasteiger partial charge in [0.15, 0.2) is 0 Å². The van der Waals surface area contributed by atoms with Crippen LogP contribution in [0.25, 0.3) is 77.2 Å². The van der Waals surface area contributed by atoms with Gasteiger partial charge < -0.3 is 9.13 Å². The number of nitrogens with zero attached hydrogens (tertiary/aromatic N) is 2. The highest BCUT2D eigenvalue weighted by atomic mass is 15.0. The van der Waals surface area contributed by atoms with Crippen molar-refractivity contribution in [2.75, 3.05) is 0 Å². The molecule has 2 atom stereocenters. The summed E-state index contributed by atoms with van der Waals surface area (Å²) in [5.41, 5.74) is 18.8. The number of benzene rings is 10. The first kappa shape index (κ1) is 38.3. The summed E-state index contributed by atoms with van der Waals surface area (Å²) in [6.07, 6.45) is 0. The third-order valence-electron chi connectivity index (χ3n) is 14.9. The first-order valence-corrected chi connectivity index (χ1v) is 23.1. The fourth-order valence-electron chi connectivity index (χ4n) is 11.8. The van der Waals surface area contributed by atoms with Crippen LogP contribution in [0.4, 0.5) is 0 Å². The Morgan fingerprint density at radius 2 is 0.591 bits per heavy atom. The highest BCUT2D eigenvalue weighted by Crippen LogP contribution is 2.60. The van der Waals surface area contributed by atoms with E-state index in [2.05, 4.69) is 266 Å². The molecule has 10 aromatic carbocycles. The molecule has 1 aliphatic carbocycles. The Morgan fingerprint density at radius 1 is 0.273 bits per heavy atom. The maximum Gasteiger partial charge on any atom is 0.0544 e. The molecule has 2 aromatic heterocycles. The third kappa shape index (κ3) is 5.42. The van der Waals surface area contributed by atoms with Crippen LogP contribution in [0.1, 0.15) is 47.2 Å². The zero-order valence-corrected chi connectivity index (χ0v) is 37.0. The molecule has 12 aromatic rings. The van der Waals surface area contributed by atoms with Crippen molar-refractivity contribution in [2.24, 2.45) is 0 Å². The van der Waals surface area contributed by atoms with Gasteiger partial charge in [0.25, 0.3) is 0 Å². The molecule has 0 amide bonds. The summed E-state index contributed by atoms with van der Waals surface area (Å²) < 4.78 is 4.97. The van der Waals surface area contributed by atoms with Gasteiger partial charge in [-0.15, -0.1) is 0 Å². The smallest absolute Gasteiger partial charge is 0.0544 e. The molecule has 0 bridgehead atoms. The Morgan fingerprint density at radius 3 is 0.970 bits per heavy atom. The van der Waals surface area contributed by atoms with Crippen LogP contribution in [0.15, 0.2) is 243 Å². The average Bonchev–Trinajstić information content (AvgIpc) is 3.92. The van der Waals surface area contributed by atoms with Gasteiger partial charge in [0.2, 0.25) is 0 Å². The minimum absolute atomic E-state index is 0.541. The number of hydrogen-bond acceptors (Lipinski definition) is 0. The normalized spacial score (nSPS) is 16.8. The van der Waals surface area contributed by atoms with E-state index in [9.17, 15) is 0 Å². The fourth-order valence-corrected chi connectivity index (χ4v) is 11.8. The standard InChI is InChI=1S/C64H46N2/c1-63(47-23-11-5-12-24-47)53-39-41-58-60(52-28-16-18-30-56(52)66(58)50-37-33-46(34-38-50)44-21-9-4-10-22-44)62(53)64(2,48-25-13-6-14-26-48)54-40-42-57-59(61(54)63)51-27-15-17-29-55(51)65(57)49-35-31-45(32-36-49)43-19-7-3-8-20-43/h3-42H,1-2H3. The van der Waals surface area contributed by atoms with Gasteiger partial charge in [-0.2, -0.15) is 0 Å². The van der Waals surface area contributed by atoms with Crippen molar-refractivity contribution in [1.29, 1.82) is 0 Å². The van der Waals surface area contributed by atoms with Crippen LogP contribution in [0.3, 0.4) is 0 Å². The van der Waals surface area contributed by atoms with Gasteiger partial charge in [-0.25, -0.2) is 0 Å². The summed E-state index contributed by atoms with van der Waals surface area (Å²) in [6.45, 7) is 5.00. The minimum Gasteiger partial charge on any atom is -0.309 e. The van der Waals surface area contributed by atoms with E-state index in [1.54, 1.807) is 0 Å². The number of hydrogen-bond donors (Lipinski definition) is 0. The van der Waals surface area contributed by atoms with Gasteiger partial charge in [-0.3, -0.25) is 0 Å². The van der Waals surface area contributed by atoms with E-state index in [0.717, 1.165) is 11.4 Å². The molecule has 0 N–H and O–H groups in total. The van der Waals surface area contributed by atoms with Gasteiger partial charge in [-0.05, 0) is 118 Å². The molecule has 2 nitrogen and oxygen atoms in total. The van der Waals surface area contributed by atoms with Crippen LogP contribution < -0.4 is 0 Å². The lowest BCUT2D eigenvalue weighted by molar-refractivity contribution is 0.577. The van der Waals surface area contributed by atoms with E-state index < -0.39 is 10.8 Å². The Hall–Kier alpha value is -8.20. The average molecular weight is 843 g/mol. The third-order valence-corrected chi connectivity index (χ3v) is 14.9. The molecule has 0 radical (unpaired) electrons. The van der Waals surface area contributed by atoms with Crippen molar-refractivity contribution in [3.8, 4) is 33.6 Å². The summed E-state index contributed by atoms with van der Waals surface area (Å²) in [6, 6.07) is 89.9. The van der Waals surface area contributed by atoms with Crippen molar-refractivity contribution in [3.05, 3.63) is 276 Å². The lowest BCUT2D eigenvalue weighted by atomic mass is 9.54. The Balaban J connectivity index is 1.14. The molecule has 1 aliphatic rings. The quantitative estimate of drug-likeness (QED) is 0.158. The fraction of sp³-hybridized carbons (Fsp3) is 0.0625. The van der Waals surface area contributed by atoms with Gasteiger partial charge in [-0.1, -0.05) is 194 Å². The highest BCUT2D eigenvalue weighted by Gasteiger charge is 2.50.